The fourth-order valence-corrected chi connectivity index (χ4v) is 2.02. The van der Waals surface area contributed by atoms with Gasteiger partial charge in [0.2, 0.25) is 5.91 Å². The van der Waals surface area contributed by atoms with E-state index >= 15 is 0 Å². The molecule has 0 saturated heterocycles. The molecule has 1 N–H and O–H groups in total. The summed E-state index contributed by atoms with van der Waals surface area (Å²) in [5, 5.41) is 2.70. The summed E-state index contributed by atoms with van der Waals surface area (Å²) in [6.45, 7) is -0.0161. The summed E-state index contributed by atoms with van der Waals surface area (Å²) in [6.07, 6.45) is 1.60. The third-order valence-corrected chi connectivity index (χ3v) is 2.88. The Hall–Kier alpha value is -2.69. The van der Waals surface area contributed by atoms with Crippen LogP contribution in [0.15, 0.2) is 48.7 Å². The van der Waals surface area contributed by atoms with Crippen molar-refractivity contribution < 1.29 is 9.59 Å². The van der Waals surface area contributed by atoms with Crippen molar-refractivity contribution in [3.05, 3.63) is 54.2 Å². The lowest BCUT2D eigenvalue weighted by Gasteiger charge is -2.27. The molecule has 19 heavy (non-hydrogen) atoms. The van der Waals surface area contributed by atoms with Gasteiger partial charge in [0.15, 0.2) is 5.82 Å². The van der Waals surface area contributed by atoms with E-state index < -0.39 is 0 Å². The van der Waals surface area contributed by atoms with Crippen LogP contribution in [0.1, 0.15) is 10.4 Å². The third-order valence-electron chi connectivity index (χ3n) is 2.88. The number of rotatable bonds is 1. The molecule has 0 bridgehead atoms. The molecule has 0 aliphatic carbocycles. The van der Waals surface area contributed by atoms with Gasteiger partial charge in [0, 0.05) is 11.8 Å². The predicted molar refractivity (Wildman–Crippen MR) is 71.0 cm³/mol. The molecule has 0 unspecified atom stereocenters. The molecule has 0 atom stereocenters. The van der Waals surface area contributed by atoms with Crippen molar-refractivity contribution in [2.24, 2.45) is 0 Å². The largest absolute Gasteiger partial charge is 0.321 e. The van der Waals surface area contributed by atoms with Gasteiger partial charge in [0.25, 0.3) is 5.91 Å². The predicted octanol–water partition coefficient (Wildman–Crippen LogP) is 1.68. The van der Waals surface area contributed by atoms with Crippen molar-refractivity contribution in [1.29, 1.82) is 0 Å². The highest BCUT2D eigenvalue weighted by molar-refractivity contribution is 6.14. The lowest BCUT2D eigenvalue weighted by atomic mass is 10.1. The molecular weight excluding hydrogens is 242 g/mol. The van der Waals surface area contributed by atoms with Gasteiger partial charge in [-0.3, -0.25) is 14.5 Å². The normalized spacial score (nSPS) is 13.7. The summed E-state index contributed by atoms with van der Waals surface area (Å²) in [7, 11) is 0. The van der Waals surface area contributed by atoms with Crippen molar-refractivity contribution >= 4 is 23.3 Å². The van der Waals surface area contributed by atoms with Crippen molar-refractivity contribution in [3.8, 4) is 0 Å². The topological polar surface area (TPSA) is 62.3 Å². The summed E-state index contributed by atoms with van der Waals surface area (Å²) in [5.41, 5.74) is 1.09. The molecule has 94 valence electrons. The average Bonchev–Trinajstić information content (AvgIpc) is 2.46. The Bertz CT molecular complexity index is 640. The lowest BCUT2D eigenvalue weighted by Crippen LogP contribution is -2.42. The number of carbonyl (C=O) groups excluding carboxylic acids is 2. The van der Waals surface area contributed by atoms with E-state index in [9.17, 15) is 9.59 Å². The van der Waals surface area contributed by atoms with Gasteiger partial charge in [-0.15, -0.1) is 0 Å². The zero-order valence-corrected chi connectivity index (χ0v) is 10.0. The second-order valence-corrected chi connectivity index (χ2v) is 4.18. The monoisotopic (exact) mass is 253 g/mol. The van der Waals surface area contributed by atoms with Crippen LogP contribution in [0.4, 0.5) is 11.5 Å². The number of amides is 2. The molecule has 1 aromatic heterocycles. The van der Waals surface area contributed by atoms with Crippen LogP contribution in [0.5, 0.6) is 0 Å². The van der Waals surface area contributed by atoms with Gasteiger partial charge in [-0.2, -0.15) is 0 Å². The summed E-state index contributed by atoms with van der Waals surface area (Å²) >= 11 is 0. The van der Waals surface area contributed by atoms with Crippen LogP contribution in [-0.2, 0) is 4.79 Å². The Morgan fingerprint density at radius 1 is 1.16 bits per heavy atom. The van der Waals surface area contributed by atoms with Gasteiger partial charge in [-0.1, -0.05) is 18.2 Å². The Kier molecular flexibility index (Phi) is 2.72. The van der Waals surface area contributed by atoms with Crippen LogP contribution < -0.4 is 10.2 Å². The molecule has 2 amide bonds. The fraction of sp³-hybridized carbons (Fsp3) is 0.0714. The first kappa shape index (κ1) is 11.4. The molecule has 5 nitrogen and oxygen atoms in total. The Balaban J connectivity index is 2.02. The third kappa shape index (κ3) is 2.06. The minimum Gasteiger partial charge on any atom is -0.321 e. The number of nitrogens with zero attached hydrogens (tertiary/aromatic N) is 2. The lowest BCUT2D eigenvalue weighted by molar-refractivity contribution is -0.115. The maximum atomic E-state index is 12.4. The number of carbonyl (C=O) groups is 2. The van der Waals surface area contributed by atoms with E-state index in [0.717, 1.165) is 0 Å². The molecule has 3 rings (SSSR count). The zero-order chi connectivity index (χ0) is 13.2. The summed E-state index contributed by atoms with van der Waals surface area (Å²) in [5.74, 6) is 0.0381. The van der Waals surface area contributed by atoms with E-state index in [4.69, 9.17) is 0 Å². The maximum Gasteiger partial charge on any atom is 0.259 e. The van der Waals surface area contributed by atoms with E-state index in [1.807, 2.05) is 6.07 Å². The summed E-state index contributed by atoms with van der Waals surface area (Å²) in [4.78, 5) is 29.6. The fourth-order valence-electron chi connectivity index (χ4n) is 2.02. The van der Waals surface area contributed by atoms with E-state index in [2.05, 4.69) is 10.3 Å². The van der Waals surface area contributed by atoms with Crippen LogP contribution in [0, 0.1) is 0 Å². The van der Waals surface area contributed by atoms with E-state index in [1.165, 1.54) is 4.90 Å². The van der Waals surface area contributed by atoms with E-state index in [-0.39, 0.29) is 18.4 Å². The number of anilines is 2. The molecule has 0 fully saturated rings. The standard InChI is InChI=1S/C14H11N3O2/c18-12-9-17(13-11(16-12)7-4-8-15-13)14(19)10-5-2-1-3-6-10/h1-8H,9H2,(H,16,18). The number of hydrogen-bond acceptors (Lipinski definition) is 3. The Morgan fingerprint density at radius 2 is 1.95 bits per heavy atom. The van der Waals surface area contributed by atoms with Gasteiger partial charge < -0.3 is 5.32 Å². The maximum absolute atomic E-state index is 12.4. The van der Waals surface area contributed by atoms with Crippen molar-refractivity contribution in [3.63, 3.8) is 0 Å². The van der Waals surface area contributed by atoms with Gasteiger partial charge in [-0.05, 0) is 24.3 Å². The molecule has 0 radical (unpaired) electrons. The van der Waals surface area contributed by atoms with Gasteiger partial charge >= 0.3 is 0 Å². The number of benzene rings is 1. The van der Waals surface area contributed by atoms with Crippen molar-refractivity contribution in [2.45, 2.75) is 0 Å². The average molecular weight is 253 g/mol. The molecule has 0 saturated carbocycles. The molecular formula is C14H11N3O2. The number of pyridine rings is 1. The number of hydrogen-bond donors (Lipinski definition) is 1. The molecule has 1 aliphatic rings. The number of fused-ring (bicyclic) bond motifs is 1. The molecule has 1 aliphatic heterocycles. The first-order valence-electron chi connectivity index (χ1n) is 5.87. The summed E-state index contributed by atoms with van der Waals surface area (Å²) < 4.78 is 0. The van der Waals surface area contributed by atoms with Gasteiger partial charge in [0.05, 0.1) is 5.69 Å². The molecule has 5 heteroatoms. The van der Waals surface area contributed by atoms with Crippen LogP contribution in [0.25, 0.3) is 0 Å². The highest BCUT2D eigenvalue weighted by atomic mass is 16.2. The minimum absolute atomic E-state index is 0.0161. The smallest absolute Gasteiger partial charge is 0.259 e. The molecule has 2 aromatic rings. The van der Waals surface area contributed by atoms with Crippen LogP contribution in [0.3, 0.4) is 0 Å². The van der Waals surface area contributed by atoms with Gasteiger partial charge in [-0.25, -0.2) is 4.98 Å². The minimum atomic E-state index is -0.226. The second kappa shape index (κ2) is 4.53. The van der Waals surface area contributed by atoms with Crippen LogP contribution >= 0.6 is 0 Å². The van der Waals surface area contributed by atoms with Gasteiger partial charge in [0.1, 0.15) is 6.54 Å². The second-order valence-electron chi connectivity index (χ2n) is 4.18. The summed E-state index contributed by atoms with van der Waals surface area (Å²) in [6, 6.07) is 12.3. The Labute approximate surface area is 109 Å². The van der Waals surface area contributed by atoms with Crippen molar-refractivity contribution in [1.82, 2.24) is 4.98 Å². The van der Waals surface area contributed by atoms with Crippen molar-refractivity contribution in [2.75, 3.05) is 16.8 Å². The highest BCUT2D eigenvalue weighted by Crippen LogP contribution is 2.27. The quantitative estimate of drug-likeness (QED) is 0.841. The number of nitrogens with one attached hydrogen (secondary N) is 1. The zero-order valence-electron chi connectivity index (χ0n) is 10.0. The van der Waals surface area contributed by atoms with Crippen LogP contribution in [0.2, 0.25) is 0 Å². The molecule has 2 heterocycles. The first-order chi connectivity index (χ1) is 9.25. The SMILES string of the molecule is O=C1CN(C(=O)c2ccccc2)c2ncccc2N1. The first-order valence-corrected chi connectivity index (χ1v) is 5.87. The number of aromatic nitrogens is 1. The van der Waals surface area contributed by atoms with E-state index in [1.54, 1.807) is 42.6 Å². The molecule has 0 spiro atoms. The Morgan fingerprint density at radius 3 is 2.74 bits per heavy atom. The molecule has 1 aromatic carbocycles. The highest BCUT2D eigenvalue weighted by Gasteiger charge is 2.28. The van der Waals surface area contributed by atoms with E-state index in [0.29, 0.717) is 17.1 Å². The van der Waals surface area contributed by atoms with Crippen LogP contribution in [-0.4, -0.2) is 23.3 Å².